The summed E-state index contributed by atoms with van der Waals surface area (Å²) in [5.41, 5.74) is -2.31. The van der Waals surface area contributed by atoms with Crippen molar-refractivity contribution in [1.29, 1.82) is 0 Å². The van der Waals surface area contributed by atoms with E-state index in [-0.39, 0.29) is 0 Å². The van der Waals surface area contributed by atoms with Crippen LogP contribution in [0, 0.1) is 5.95 Å². The van der Waals surface area contributed by atoms with Crippen LogP contribution < -0.4 is 5.43 Å². The maximum Gasteiger partial charge on any atom is 0.278 e. The molecular weight excluding hydrogens is 187 g/mol. The summed E-state index contributed by atoms with van der Waals surface area (Å²) in [6.07, 6.45) is -3.01. The number of H-pyrrole nitrogens is 1. The summed E-state index contributed by atoms with van der Waals surface area (Å²) in [6, 6.07) is 0.511. The van der Waals surface area contributed by atoms with Gasteiger partial charge in [0.05, 0.1) is 17.9 Å². The molecule has 0 bridgehead atoms. The molecule has 0 saturated carbocycles. The topological polar surface area (TPSA) is 53.1 Å². The molecule has 1 heterocycles. The van der Waals surface area contributed by atoms with Gasteiger partial charge in [-0.1, -0.05) is 0 Å². The van der Waals surface area contributed by atoms with Crippen LogP contribution in [0.5, 0.6) is 0 Å². The maximum atomic E-state index is 12.4. The van der Waals surface area contributed by atoms with Gasteiger partial charge >= 0.3 is 0 Å². The van der Waals surface area contributed by atoms with E-state index in [1.807, 2.05) is 0 Å². The van der Waals surface area contributed by atoms with Crippen LogP contribution in [0.2, 0.25) is 0 Å². The third-order valence-electron chi connectivity index (χ3n) is 1.51. The Hall–Kier alpha value is -1.30. The van der Waals surface area contributed by atoms with E-state index in [0.717, 1.165) is 0 Å². The summed E-state index contributed by atoms with van der Waals surface area (Å²) in [4.78, 5) is 12.5. The highest BCUT2D eigenvalue weighted by Gasteiger charge is 2.16. The molecule has 3 nitrogen and oxygen atoms in total. The first kappa shape index (κ1) is 9.79. The van der Waals surface area contributed by atoms with Crippen molar-refractivity contribution in [2.45, 2.75) is 13.0 Å². The molecule has 0 spiro atoms. The van der Waals surface area contributed by atoms with Crippen LogP contribution in [0.4, 0.5) is 13.2 Å². The normalized spacial score (nSPS) is 10.8. The first-order chi connectivity index (χ1) is 6.06. The lowest BCUT2D eigenvalue weighted by atomic mass is 10.2. The second-order valence-electron chi connectivity index (χ2n) is 2.33. The van der Waals surface area contributed by atoms with Crippen LogP contribution in [0.25, 0.3) is 0 Å². The number of aromatic nitrogens is 1. The predicted molar refractivity (Wildman–Crippen MR) is 37.9 cm³/mol. The van der Waals surface area contributed by atoms with Crippen molar-refractivity contribution in [3.05, 3.63) is 33.5 Å². The molecule has 0 aliphatic heterocycles. The Balaban J connectivity index is 3.38. The van der Waals surface area contributed by atoms with Gasteiger partial charge in [-0.25, -0.2) is 8.78 Å². The number of nitrogens with one attached hydrogen (secondary N) is 1. The lowest BCUT2D eigenvalue weighted by Crippen LogP contribution is -2.15. The first-order valence-corrected chi connectivity index (χ1v) is 3.37. The Morgan fingerprint density at radius 2 is 2.15 bits per heavy atom. The predicted octanol–water partition coefficient (Wildman–Crippen LogP) is 0.944. The number of pyridine rings is 1. The van der Waals surface area contributed by atoms with Gasteiger partial charge in [0, 0.05) is 6.07 Å². The van der Waals surface area contributed by atoms with Gasteiger partial charge in [0.2, 0.25) is 0 Å². The van der Waals surface area contributed by atoms with Crippen molar-refractivity contribution in [3.63, 3.8) is 0 Å². The average Bonchev–Trinajstić information content (AvgIpc) is 2.02. The van der Waals surface area contributed by atoms with Crippen molar-refractivity contribution < 1.29 is 18.3 Å². The zero-order valence-electron chi connectivity index (χ0n) is 6.35. The van der Waals surface area contributed by atoms with Gasteiger partial charge in [-0.05, 0) is 0 Å². The van der Waals surface area contributed by atoms with Gasteiger partial charge in [0.1, 0.15) is 0 Å². The molecule has 0 aliphatic rings. The van der Waals surface area contributed by atoms with Crippen LogP contribution in [-0.4, -0.2) is 10.1 Å². The summed E-state index contributed by atoms with van der Waals surface area (Å²) >= 11 is 0. The van der Waals surface area contributed by atoms with Gasteiger partial charge in [-0.2, -0.15) is 4.39 Å². The molecule has 1 aromatic rings. The molecule has 13 heavy (non-hydrogen) atoms. The van der Waals surface area contributed by atoms with Crippen molar-refractivity contribution in [3.8, 4) is 0 Å². The van der Waals surface area contributed by atoms with Crippen molar-refractivity contribution >= 4 is 0 Å². The fourth-order valence-corrected chi connectivity index (χ4v) is 0.924. The number of halogens is 3. The standard InChI is InChI=1S/C7H6F3NO2/c8-5-1-4(13)3(2-12)6(11-5)7(9)10/h1,7,12H,2H2,(H,11,13). The van der Waals surface area contributed by atoms with Crippen molar-refractivity contribution in [2.75, 3.05) is 0 Å². The van der Waals surface area contributed by atoms with Crippen LogP contribution in [0.1, 0.15) is 17.7 Å². The lowest BCUT2D eigenvalue weighted by Gasteiger charge is -2.04. The summed E-state index contributed by atoms with van der Waals surface area (Å²) in [6.45, 7) is -0.838. The number of aliphatic hydroxyl groups is 1. The fraction of sp³-hybridized carbons (Fsp3) is 0.286. The van der Waals surface area contributed by atoms with Crippen LogP contribution in [0.3, 0.4) is 0 Å². The minimum Gasteiger partial charge on any atom is -0.391 e. The molecule has 6 heteroatoms. The number of alkyl halides is 2. The zero-order valence-corrected chi connectivity index (χ0v) is 6.35. The molecule has 0 amide bonds. The van der Waals surface area contributed by atoms with E-state index in [1.54, 1.807) is 4.98 Å². The zero-order chi connectivity index (χ0) is 10.0. The monoisotopic (exact) mass is 193 g/mol. The Morgan fingerprint density at radius 1 is 1.54 bits per heavy atom. The number of rotatable bonds is 2. The van der Waals surface area contributed by atoms with Crippen LogP contribution in [0.15, 0.2) is 10.9 Å². The van der Waals surface area contributed by atoms with Crippen LogP contribution >= 0.6 is 0 Å². The van der Waals surface area contributed by atoms with Gasteiger partial charge in [-0.15, -0.1) is 0 Å². The molecule has 1 aromatic heterocycles. The fourth-order valence-electron chi connectivity index (χ4n) is 0.924. The smallest absolute Gasteiger partial charge is 0.278 e. The molecule has 0 fully saturated rings. The third kappa shape index (κ3) is 1.89. The average molecular weight is 193 g/mol. The summed E-state index contributed by atoms with van der Waals surface area (Å²) in [7, 11) is 0. The molecule has 72 valence electrons. The molecular formula is C7H6F3NO2. The molecule has 0 unspecified atom stereocenters. The summed E-state index contributed by atoms with van der Waals surface area (Å²) in [5.74, 6) is -1.14. The summed E-state index contributed by atoms with van der Waals surface area (Å²) < 4.78 is 36.7. The van der Waals surface area contributed by atoms with E-state index in [9.17, 15) is 18.0 Å². The van der Waals surface area contributed by atoms with E-state index in [2.05, 4.69) is 0 Å². The highest BCUT2D eigenvalue weighted by Crippen LogP contribution is 2.18. The van der Waals surface area contributed by atoms with E-state index in [1.165, 1.54) is 0 Å². The number of hydrogen-bond acceptors (Lipinski definition) is 2. The first-order valence-electron chi connectivity index (χ1n) is 3.37. The maximum absolute atomic E-state index is 12.4. The second-order valence-corrected chi connectivity index (χ2v) is 2.33. The van der Waals surface area contributed by atoms with E-state index >= 15 is 0 Å². The van der Waals surface area contributed by atoms with E-state index in [4.69, 9.17) is 5.11 Å². The van der Waals surface area contributed by atoms with E-state index < -0.39 is 35.7 Å². The third-order valence-corrected chi connectivity index (χ3v) is 1.51. The van der Waals surface area contributed by atoms with Gasteiger partial charge in [0.25, 0.3) is 6.43 Å². The number of aromatic amines is 1. The highest BCUT2D eigenvalue weighted by atomic mass is 19.3. The van der Waals surface area contributed by atoms with Crippen molar-refractivity contribution in [2.24, 2.45) is 0 Å². The van der Waals surface area contributed by atoms with Crippen LogP contribution in [-0.2, 0) is 6.61 Å². The van der Waals surface area contributed by atoms with Gasteiger partial charge in [-0.3, -0.25) is 4.79 Å². The minimum atomic E-state index is -3.01. The Kier molecular flexibility index (Phi) is 2.72. The molecule has 0 aliphatic carbocycles. The lowest BCUT2D eigenvalue weighted by molar-refractivity contribution is 0.140. The Morgan fingerprint density at radius 3 is 2.62 bits per heavy atom. The van der Waals surface area contributed by atoms with Crippen molar-refractivity contribution in [1.82, 2.24) is 4.98 Å². The number of aliphatic hydroxyl groups excluding tert-OH is 1. The quantitative estimate of drug-likeness (QED) is 0.687. The molecule has 0 radical (unpaired) electrons. The Labute approximate surface area is 70.8 Å². The highest BCUT2D eigenvalue weighted by molar-refractivity contribution is 5.20. The molecule has 0 atom stereocenters. The SMILES string of the molecule is O=c1cc(F)[nH]c(C(F)F)c1CO. The minimum absolute atomic E-state index is 0.503. The van der Waals surface area contributed by atoms with E-state index in [0.29, 0.717) is 6.07 Å². The van der Waals surface area contributed by atoms with Gasteiger partial charge < -0.3 is 10.1 Å². The molecule has 0 aromatic carbocycles. The largest absolute Gasteiger partial charge is 0.391 e. The second kappa shape index (κ2) is 3.61. The number of hydrogen-bond donors (Lipinski definition) is 2. The summed E-state index contributed by atoms with van der Waals surface area (Å²) in [5, 5.41) is 8.56. The molecule has 0 saturated heterocycles. The Bertz CT molecular complexity index is 361. The molecule has 1 rings (SSSR count). The van der Waals surface area contributed by atoms with Gasteiger partial charge in [0.15, 0.2) is 11.4 Å². The molecule has 2 N–H and O–H groups in total.